The van der Waals surface area contributed by atoms with Gasteiger partial charge in [0, 0.05) is 28.7 Å². The van der Waals surface area contributed by atoms with Crippen LogP contribution in [0.1, 0.15) is 10.4 Å². The van der Waals surface area contributed by atoms with Crippen molar-refractivity contribution in [3.05, 3.63) is 77.5 Å². The molecular weight excluding hydrogens is 318 g/mol. The number of hydrogen-bond acceptors (Lipinski definition) is 3. The number of nitrogens with zero attached hydrogens (tertiary/aromatic N) is 1. The molecular formula is C19H13N3O3. The molecule has 25 heavy (non-hydrogen) atoms. The molecule has 0 saturated carbocycles. The molecule has 0 bridgehead atoms. The van der Waals surface area contributed by atoms with E-state index in [1.807, 2.05) is 36.5 Å². The molecule has 6 heteroatoms. The zero-order valence-electron chi connectivity index (χ0n) is 13.0. The fraction of sp³-hybridized carbons (Fsp3) is 0. The third-order valence-electron chi connectivity index (χ3n) is 3.97. The van der Waals surface area contributed by atoms with Gasteiger partial charge in [0.15, 0.2) is 11.3 Å². The molecule has 2 aromatic carbocycles. The second kappa shape index (κ2) is 6.09. The first kappa shape index (κ1) is 14.9. The van der Waals surface area contributed by atoms with E-state index in [9.17, 15) is 9.70 Å². The predicted molar refractivity (Wildman–Crippen MR) is 94.7 cm³/mol. The van der Waals surface area contributed by atoms with E-state index in [4.69, 9.17) is 4.42 Å². The molecule has 0 atom stereocenters. The van der Waals surface area contributed by atoms with Crippen LogP contribution in [0.5, 0.6) is 0 Å². The Kier molecular flexibility index (Phi) is 3.63. The van der Waals surface area contributed by atoms with E-state index in [2.05, 4.69) is 15.1 Å². The van der Waals surface area contributed by atoms with Gasteiger partial charge in [0.05, 0.1) is 16.8 Å². The van der Waals surface area contributed by atoms with Gasteiger partial charge in [0.2, 0.25) is 0 Å². The molecule has 0 radical (unpaired) electrons. The van der Waals surface area contributed by atoms with Crippen molar-refractivity contribution in [3.63, 3.8) is 0 Å². The first-order valence-electron chi connectivity index (χ1n) is 7.66. The summed E-state index contributed by atoms with van der Waals surface area (Å²) in [4.78, 5) is 29.0. The van der Waals surface area contributed by atoms with E-state index in [0.29, 0.717) is 22.6 Å². The van der Waals surface area contributed by atoms with Crippen LogP contribution in [-0.4, -0.2) is 15.9 Å². The second-order valence-corrected chi connectivity index (χ2v) is 5.47. The summed E-state index contributed by atoms with van der Waals surface area (Å²) in [6.45, 7) is 0. The van der Waals surface area contributed by atoms with Gasteiger partial charge >= 0.3 is 5.91 Å². The zero-order valence-corrected chi connectivity index (χ0v) is 13.0. The summed E-state index contributed by atoms with van der Waals surface area (Å²) in [6, 6.07) is 16.2. The van der Waals surface area contributed by atoms with Crippen molar-refractivity contribution in [2.75, 3.05) is 0 Å². The highest BCUT2D eigenvalue weighted by atomic mass is 16.3. The minimum Gasteiger partial charge on any atom is -0.452 e. The van der Waals surface area contributed by atoms with Gasteiger partial charge in [-0.3, -0.25) is 4.79 Å². The molecule has 2 aromatic rings. The normalized spacial score (nSPS) is 10.7. The summed E-state index contributed by atoms with van der Waals surface area (Å²) in [5.74, 6) is -0.260. The van der Waals surface area contributed by atoms with Crippen LogP contribution in [0.3, 0.4) is 0 Å². The molecule has 0 fully saturated rings. The molecule has 122 valence electrons. The molecule has 4 rings (SSSR count). The maximum atomic E-state index is 11.9. The van der Waals surface area contributed by atoms with Gasteiger partial charge in [-0.15, -0.1) is 4.91 Å². The Bertz CT molecular complexity index is 1100. The first-order chi connectivity index (χ1) is 12.3. The molecule has 6 nitrogen and oxygen atoms in total. The lowest BCUT2D eigenvalue weighted by atomic mass is 10.0. The first-order valence-corrected chi connectivity index (χ1v) is 7.66. The topological polar surface area (TPSA) is 91.2 Å². The maximum Gasteiger partial charge on any atom is 0.317 e. The number of nitrogens with one attached hydrogen (secondary N) is 2. The van der Waals surface area contributed by atoms with Crippen LogP contribution in [0.4, 0.5) is 0 Å². The fourth-order valence-corrected chi connectivity index (χ4v) is 2.80. The molecule has 2 heterocycles. The molecule has 2 N–H and O–H groups in total. The van der Waals surface area contributed by atoms with Crippen molar-refractivity contribution in [2.45, 2.75) is 0 Å². The zero-order chi connectivity index (χ0) is 17.2. The number of rotatable bonds is 2. The highest BCUT2D eigenvalue weighted by Gasteiger charge is 2.18. The number of pyridine rings is 1. The van der Waals surface area contributed by atoms with Crippen molar-refractivity contribution in [3.8, 4) is 22.6 Å². The lowest BCUT2D eigenvalue weighted by molar-refractivity contribution is 0.100. The number of aromatic nitrogens is 2. The number of hydrogen-bond donors (Lipinski definition) is 2. The standard InChI is InChI=1S/C19H13N3O3/c23-19(22-24)14-6-2-1-5-13(14)17-18-12(9-10-20-17)11-21-15-7-3-4-8-16(15)25-18/h1-11,20-21H. The van der Waals surface area contributed by atoms with Gasteiger partial charge in [0.25, 0.3) is 0 Å². The Balaban J connectivity index is 2.06. The van der Waals surface area contributed by atoms with Gasteiger partial charge < -0.3 is 14.4 Å². The van der Waals surface area contributed by atoms with Crippen LogP contribution in [0.15, 0.2) is 76.6 Å². The Labute approximate surface area is 142 Å². The van der Waals surface area contributed by atoms with Crippen LogP contribution in [0.25, 0.3) is 33.7 Å². The van der Waals surface area contributed by atoms with E-state index < -0.39 is 5.91 Å². The van der Waals surface area contributed by atoms with Crippen molar-refractivity contribution in [2.24, 2.45) is 5.18 Å². The Morgan fingerprint density at radius 2 is 1.76 bits per heavy atom. The molecule has 0 aromatic heterocycles. The highest BCUT2D eigenvalue weighted by Crippen LogP contribution is 2.34. The van der Waals surface area contributed by atoms with Crippen LogP contribution in [0, 0.1) is 4.91 Å². The number of carbonyl (C=O) groups is 1. The van der Waals surface area contributed by atoms with Crippen molar-refractivity contribution in [1.29, 1.82) is 0 Å². The quantitative estimate of drug-likeness (QED) is 0.512. The average Bonchev–Trinajstić information content (AvgIpc) is 2.86. The molecule has 0 saturated heterocycles. The number of para-hydroxylation sites is 2. The summed E-state index contributed by atoms with van der Waals surface area (Å²) in [5.41, 5.74) is 3.68. The lowest BCUT2D eigenvalue weighted by Gasteiger charge is -2.10. The fourth-order valence-electron chi connectivity index (χ4n) is 2.80. The van der Waals surface area contributed by atoms with Gasteiger partial charge in [-0.2, -0.15) is 0 Å². The van der Waals surface area contributed by atoms with Crippen LogP contribution in [-0.2, 0) is 0 Å². The number of amides is 1. The number of fused-ring (bicyclic) bond motifs is 2. The van der Waals surface area contributed by atoms with Gasteiger partial charge in [-0.25, -0.2) is 0 Å². The van der Waals surface area contributed by atoms with Crippen LogP contribution < -0.4 is 0 Å². The number of benzene rings is 2. The minimum atomic E-state index is -0.822. The third kappa shape index (κ3) is 2.59. The van der Waals surface area contributed by atoms with Gasteiger partial charge in [-0.1, -0.05) is 30.3 Å². The summed E-state index contributed by atoms with van der Waals surface area (Å²) < 4.78 is 6.11. The summed E-state index contributed by atoms with van der Waals surface area (Å²) in [5, 5.41) is 2.55. The second-order valence-electron chi connectivity index (χ2n) is 5.47. The Morgan fingerprint density at radius 1 is 0.960 bits per heavy atom. The van der Waals surface area contributed by atoms with E-state index in [-0.39, 0.29) is 5.56 Å². The monoisotopic (exact) mass is 331 g/mol. The van der Waals surface area contributed by atoms with E-state index >= 15 is 0 Å². The smallest absolute Gasteiger partial charge is 0.317 e. The summed E-state index contributed by atoms with van der Waals surface area (Å²) in [6.07, 6.45) is 3.59. The molecule has 0 aliphatic carbocycles. The average molecular weight is 331 g/mol. The SMILES string of the molecule is O=NC(=O)c1ccccc1-c1[nH]ccc2c[nH]c3ccccc3oc1-2. The van der Waals surface area contributed by atoms with Gasteiger partial charge in [-0.05, 0) is 24.3 Å². The molecule has 2 aliphatic rings. The third-order valence-corrected chi connectivity index (χ3v) is 3.97. The number of H-pyrrole nitrogens is 2. The number of aromatic amines is 2. The Hall–Kier alpha value is -3.67. The van der Waals surface area contributed by atoms with Crippen molar-refractivity contribution in [1.82, 2.24) is 9.97 Å². The molecule has 0 unspecified atom stereocenters. The summed E-state index contributed by atoms with van der Waals surface area (Å²) in [7, 11) is 0. The summed E-state index contributed by atoms with van der Waals surface area (Å²) >= 11 is 0. The van der Waals surface area contributed by atoms with E-state index in [0.717, 1.165) is 11.1 Å². The van der Waals surface area contributed by atoms with Crippen molar-refractivity contribution < 1.29 is 9.21 Å². The Morgan fingerprint density at radius 3 is 2.64 bits per heavy atom. The van der Waals surface area contributed by atoms with Crippen LogP contribution >= 0.6 is 0 Å². The van der Waals surface area contributed by atoms with Gasteiger partial charge in [0.1, 0.15) is 0 Å². The minimum absolute atomic E-state index is 0.219. The predicted octanol–water partition coefficient (Wildman–Crippen LogP) is 4.89. The molecule has 0 spiro atoms. The number of nitroso groups, excluding NO2 is 1. The largest absolute Gasteiger partial charge is 0.452 e. The number of carbonyl (C=O) groups excluding carboxylic acids is 1. The van der Waals surface area contributed by atoms with Crippen molar-refractivity contribution >= 4 is 17.0 Å². The molecule has 2 aliphatic heterocycles. The van der Waals surface area contributed by atoms with E-state index in [1.165, 1.54) is 0 Å². The lowest BCUT2D eigenvalue weighted by Crippen LogP contribution is -1.99. The van der Waals surface area contributed by atoms with E-state index in [1.54, 1.807) is 30.5 Å². The highest BCUT2D eigenvalue weighted by molar-refractivity contribution is 6.02. The maximum absolute atomic E-state index is 11.9. The van der Waals surface area contributed by atoms with Crippen LogP contribution in [0.2, 0.25) is 0 Å². The molecule has 1 amide bonds.